The summed E-state index contributed by atoms with van der Waals surface area (Å²) in [5.74, 6) is 0. The van der Waals surface area contributed by atoms with Crippen LogP contribution >= 0.6 is 0 Å². The fourth-order valence-corrected chi connectivity index (χ4v) is 3.95. The van der Waals surface area contributed by atoms with Crippen LogP contribution in [0.5, 0.6) is 0 Å². The lowest BCUT2D eigenvalue weighted by atomic mass is 10.0. The van der Waals surface area contributed by atoms with Crippen molar-refractivity contribution in [3.8, 4) is 0 Å². The van der Waals surface area contributed by atoms with E-state index in [1.165, 1.54) is 22.5 Å². The average molecular weight is 322 g/mol. The first-order valence-electron chi connectivity index (χ1n) is 9.12. The molecule has 0 amide bonds. The molecule has 0 N–H and O–H groups in total. The second-order valence-electron chi connectivity index (χ2n) is 6.75. The number of hydrogen-bond donors (Lipinski definition) is 0. The Morgan fingerprint density at radius 2 is 1.58 bits per heavy atom. The van der Waals surface area contributed by atoms with Gasteiger partial charge in [-0.2, -0.15) is 0 Å². The Morgan fingerprint density at radius 3 is 2.21 bits per heavy atom. The van der Waals surface area contributed by atoms with Gasteiger partial charge in [0.1, 0.15) is 0 Å². The third-order valence-corrected chi connectivity index (χ3v) is 5.28. The van der Waals surface area contributed by atoms with Crippen molar-refractivity contribution < 1.29 is 4.74 Å². The van der Waals surface area contributed by atoms with Crippen molar-refractivity contribution in [2.24, 2.45) is 0 Å². The van der Waals surface area contributed by atoms with Crippen molar-refractivity contribution in [2.45, 2.75) is 25.9 Å². The lowest BCUT2D eigenvalue weighted by Gasteiger charge is -2.36. The molecule has 2 aliphatic rings. The van der Waals surface area contributed by atoms with Crippen molar-refractivity contribution in [1.29, 1.82) is 0 Å². The molecule has 0 aliphatic carbocycles. The molecule has 2 aromatic carbocycles. The third kappa shape index (κ3) is 3.06. The van der Waals surface area contributed by atoms with E-state index in [9.17, 15) is 0 Å². The molecule has 3 heteroatoms. The van der Waals surface area contributed by atoms with Crippen LogP contribution < -0.4 is 4.90 Å². The Kier molecular flexibility index (Phi) is 4.54. The van der Waals surface area contributed by atoms with Crippen LogP contribution in [-0.4, -0.2) is 43.8 Å². The summed E-state index contributed by atoms with van der Waals surface area (Å²) in [5.41, 5.74) is 5.58. The summed E-state index contributed by atoms with van der Waals surface area (Å²) in [4.78, 5) is 4.98. The number of hydrogen-bond acceptors (Lipinski definition) is 3. The van der Waals surface area contributed by atoms with Crippen LogP contribution in [0.4, 0.5) is 11.4 Å². The van der Waals surface area contributed by atoms with Crippen LogP contribution in [0.15, 0.2) is 48.5 Å². The number of ether oxygens (including phenoxy) is 1. The van der Waals surface area contributed by atoms with Crippen LogP contribution in [0.25, 0.3) is 0 Å². The second-order valence-corrected chi connectivity index (χ2v) is 6.75. The summed E-state index contributed by atoms with van der Waals surface area (Å²) >= 11 is 0. The molecule has 1 unspecified atom stereocenters. The quantitative estimate of drug-likeness (QED) is 0.858. The van der Waals surface area contributed by atoms with Gasteiger partial charge in [-0.3, -0.25) is 4.90 Å². The van der Waals surface area contributed by atoms with Gasteiger partial charge < -0.3 is 9.64 Å². The number of anilines is 2. The van der Waals surface area contributed by atoms with Gasteiger partial charge in [0, 0.05) is 24.5 Å². The minimum absolute atomic E-state index is 0.262. The summed E-state index contributed by atoms with van der Waals surface area (Å²) < 4.78 is 6.10. The Hall–Kier alpha value is -1.84. The topological polar surface area (TPSA) is 15.7 Å². The van der Waals surface area contributed by atoms with E-state index in [-0.39, 0.29) is 6.10 Å². The van der Waals surface area contributed by atoms with Gasteiger partial charge in [-0.1, -0.05) is 43.3 Å². The van der Waals surface area contributed by atoms with Gasteiger partial charge in [-0.05, 0) is 42.6 Å². The Bertz CT molecular complexity index is 652. The molecule has 1 fully saturated rings. The number of rotatable bonds is 3. The lowest BCUT2D eigenvalue weighted by Crippen LogP contribution is -2.46. The van der Waals surface area contributed by atoms with Gasteiger partial charge >= 0.3 is 0 Å². The number of benzene rings is 2. The van der Waals surface area contributed by atoms with Crippen molar-refractivity contribution >= 4 is 11.4 Å². The molecular formula is C21H26N2O. The Balaban J connectivity index is 1.68. The molecule has 24 heavy (non-hydrogen) atoms. The second kappa shape index (κ2) is 6.96. The Labute approximate surface area is 144 Å². The molecule has 2 heterocycles. The van der Waals surface area contributed by atoms with E-state index in [0.717, 1.165) is 45.6 Å². The van der Waals surface area contributed by atoms with Crippen molar-refractivity contribution in [3.05, 3.63) is 59.7 Å². The number of para-hydroxylation sites is 2. The number of nitrogens with zero attached hydrogens (tertiary/aromatic N) is 2. The summed E-state index contributed by atoms with van der Waals surface area (Å²) in [5, 5.41) is 0. The largest absolute Gasteiger partial charge is 0.374 e. The average Bonchev–Trinajstić information content (AvgIpc) is 2.80. The van der Waals surface area contributed by atoms with E-state index >= 15 is 0 Å². The maximum atomic E-state index is 6.10. The van der Waals surface area contributed by atoms with Crippen molar-refractivity contribution in [3.63, 3.8) is 0 Å². The zero-order valence-electron chi connectivity index (χ0n) is 14.4. The van der Waals surface area contributed by atoms with E-state index in [4.69, 9.17) is 4.74 Å². The molecule has 4 rings (SSSR count). The molecule has 0 aromatic heterocycles. The molecular weight excluding hydrogens is 296 g/mol. The van der Waals surface area contributed by atoms with E-state index in [0.29, 0.717) is 0 Å². The van der Waals surface area contributed by atoms with Crippen LogP contribution in [0, 0.1) is 0 Å². The highest BCUT2D eigenvalue weighted by Gasteiger charge is 2.26. The molecule has 3 nitrogen and oxygen atoms in total. The van der Waals surface area contributed by atoms with E-state index in [2.05, 4.69) is 65.3 Å². The first kappa shape index (κ1) is 15.7. The molecule has 0 radical (unpaired) electrons. The zero-order valence-corrected chi connectivity index (χ0v) is 14.4. The predicted octanol–water partition coefficient (Wildman–Crippen LogP) is 3.64. The maximum absolute atomic E-state index is 6.10. The minimum atomic E-state index is 0.262. The van der Waals surface area contributed by atoms with Crippen LogP contribution in [-0.2, 0) is 17.6 Å². The smallest absolute Gasteiger partial charge is 0.0881 e. The molecule has 2 aliphatic heterocycles. The van der Waals surface area contributed by atoms with E-state index < -0.39 is 0 Å². The van der Waals surface area contributed by atoms with Gasteiger partial charge in [0.05, 0.1) is 19.3 Å². The first-order valence-corrected chi connectivity index (χ1v) is 9.12. The predicted molar refractivity (Wildman–Crippen MR) is 99.2 cm³/mol. The highest BCUT2D eigenvalue weighted by molar-refractivity contribution is 5.71. The molecule has 0 saturated carbocycles. The molecule has 0 bridgehead atoms. The SMILES string of the molecule is CCN1CCOC(CN2c3ccccc3CCc3ccccc32)C1. The minimum Gasteiger partial charge on any atom is -0.374 e. The van der Waals surface area contributed by atoms with Gasteiger partial charge in [-0.15, -0.1) is 0 Å². The molecule has 2 aromatic rings. The highest BCUT2D eigenvalue weighted by atomic mass is 16.5. The number of likely N-dealkylation sites (N-methyl/N-ethyl adjacent to an activating group) is 1. The molecule has 1 saturated heterocycles. The lowest BCUT2D eigenvalue weighted by molar-refractivity contribution is -0.0211. The van der Waals surface area contributed by atoms with Crippen molar-refractivity contribution in [1.82, 2.24) is 4.90 Å². The summed E-state index contributed by atoms with van der Waals surface area (Å²) in [7, 11) is 0. The first-order chi connectivity index (χ1) is 11.8. The summed E-state index contributed by atoms with van der Waals surface area (Å²) in [6.45, 7) is 7.18. The number of aryl methyl sites for hydroxylation is 2. The third-order valence-electron chi connectivity index (χ3n) is 5.28. The monoisotopic (exact) mass is 322 g/mol. The van der Waals surface area contributed by atoms with Crippen LogP contribution in [0.2, 0.25) is 0 Å². The summed E-state index contributed by atoms with van der Waals surface area (Å²) in [6.07, 6.45) is 2.48. The number of fused-ring (bicyclic) bond motifs is 2. The number of morpholine rings is 1. The molecule has 1 atom stereocenters. The normalized spacial score (nSPS) is 21.0. The highest BCUT2D eigenvalue weighted by Crippen LogP contribution is 2.36. The molecule has 0 spiro atoms. The van der Waals surface area contributed by atoms with Crippen LogP contribution in [0.3, 0.4) is 0 Å². The maximum Gasteiger partial charge on any atom is 0.0881 e. The molecule has 126 valence electrons. The van der Waals surface area contributed by atoms with Gasteiger partial charge in [0.2, 0.25) is 0 Å². The van der Waals surface area contributed by atoms with Gasteiger partial charge in [0.25, 0.3) is 0 Å². The zero-order chi connectivity index (χ0) is 16.4. The fourth-order valence-electron chi connectivity index (χ4n) is 3.95. The van der Waals surface area contributed by atoms with Gasteiger partial charge in [-0.25, -0.2) is 0 Å². The summed E-state index contributed by atoms with van der Waals surface area (Å²) in [6, 6.07) is 17.7. The van der Waals surface area contributed by atoms with E-state index in [1.54, 1.807) is 0 Å². The van der Waals surface area contributed by atoms with Crippen LogP contribution in [0.1, 0.15) is 18.1 Å². The standard InChI is InChI=1S/C21H26N2O/c1-2-22-13-14-24-19(15-22)16-23-20-9-5-3-7-17(20)11-12-18-8-4-6-10-21(18)23/h3-10,19H,2,11-16H2,1H3. The van der Waals surface area contributed by atoms with Crippen molar-refractivity contribution in [2.75, 3.05) is 37.7 Å². The fraction of sp³-hybridized carbons (Fsp3) is 0.429. The van der Waals surface area contributed by atoms with Gasteiger partial charge in [0.15, 0.2) is 0 Å². The Morgan fingerprint density at radius 1 is 0.958 bits per heavy atom. The van der Waals surface area contributed by atoms with E-state index in [1.807, 2.05) is 0 Å².